The highest BCUT2D eigenvalue weighted by atomic mass is 16.4. The van der Waals surface area contributed by atoms with Gasteiger partial charge in [-0.15, -0.1) is 0 Å². The van der Waals surface area contributed by atoms with Crippen molar-refractivity contribution in [1.82, 2.24) is 9.38 Å². The Morgan fingerprint density at radius 3 is 3.13 bits per heavy atom. The van der Waals surface area contributed by atoms with Crippen molar-refractivity contribution >= 4 is 11.5 Å². The molecule has 15 heavy (non-hydrogen) atoms. The zero-order valence-corrected chi connectivity index (χ0v) is 8.42. The number of carboxylic acid groups (broad SMARTS) is 1. The van der Waals surface area contributed by atoms with Gasteiger partial charge < -0.3 is 9.51 Å². The lowest BCUT2D eigenvalue weighted by atomic mass is 10.1. The van der Waals surface area contributed by atoms with Crippen LogP contribution in [0, 0.1) is 5.92 Å². The number of imidazole rings is 1. The Morgan fingerprint density at radius 2 is 2.40 bits per heavy atom. The summed E-state index contributed by atoms with van der Waals surface area (Å²) in [6, 6.07) is 5.78. The second kappa shape index (κ2) is 3.73. The van der Waals surface area contributed by atoms with Crippen LogP contribution in [0.3, 0.4) is 0 Å². The van der Waals surface area contributed by atoms with E-state index in [1.807, 2.05) is 28.8 Å². The Bertz CT molecular complexity index is 490. The second-order valence-electron chi connectivity index (χ2n) is 3.61. The smallest absolute Gasteiger partial charge is 0.306 e. The fourth-order valence-corrected chi connectivity index (χ4v) is 1.51. The third kappa shape index (κ3) is 1.83. The van der Waals surface area contributed by atoms with Gasteiger partial charge in [0.1, 0.15) is 5.82 Å². The van der Waals surface area contributed by atoms with E-state index in [9.17, 15) is 4.79 Å². The molecule has 2 aromatic rings. The standard InChI is InChI=1S/C11H12N2O2/c1-8(11(14)15)6-10-12-7-9-4-2-3-5-13(9)10/h2-5,7-8H,6H2,1H3,(H,14,15). The predicted octanol–water partition coefficient (Wildman–Crippen LogP) is 1.60. The molecule has 1 N–H and O–H groups in total. The van der Waals surface area contributed by atoms with E-state index >= 15 is 0 Å². The molecule has 78 valence electrons. The minimum Gasteiger partial charge on any atom is -0.481 e. The number of aliphatic carboxylic acids is 1. The van der Waals surface area contributed by atoms with E-state index < -0.39 is 11.9 Å². The van der Waals surface area contributed by atoms with Gasteiger partial charge >= 0.3 is 5.97 Å². The average molecular weight is 204 g/mol. The summed E-state index contributed by atoms with van der Waals surface area (Å²) in [6.07, 6.45) is 4.10. The molecule has 0 amide bonds. The lowest BCUT2D eigenvalue weighted by molar-refractivity contribution is -0.141. The molecule has 4 heteroatoms. The first kappa shape index (κ1) is 9.71. The first-order valence-electron chi connectivity index (χ1n) is 4.82. The van der Waals surface area contributed by atoms with Gasteiger partial charge in [0.25, 0.3) is 0 Å². The molecule has 2 aromatic heterocycles. The van der Waals surface area contributed by atoms with E-state index in [0.717, 1.165) is 11.3 Å². The van der Waals surface area contributed by atoms with Crippen molar-refractivity contribution in [2.75, 3.05) is 0 Å². The van der Waals surface area contributed by atoms with Crippen LogP contribution in [0.2, 0.25) is 0 Å². The van der Waals surface area contributed by atoms with Gasteiger partial charge in [0.2, 0.25) is 0 Å². The van der Waals surface area contributed by atoms with E-state index in [1.54, 1.807) is 13.1 Å². The normalized spacial score (nSPS) is 12.9. The molecule has 0 bridgehead atoms. The Balaban J connectivity index is 2.32. The summed E-state index contributed by atoms with van der Waals surface area (Å²) in [4.78, 5) is 14.9. The molecule has 0 spiro atoms. The van der Waals surface area contributed by atoms with E-state index in [4.69, 9.17) is 5.11 Å². The van der Waals surface area contributed by atoms with Gasteiger partial charge in [-0.25, -0.2) is 4.98 Å². The maximum Gasteiger partial charge on any atom is 0.306 e. The summed E-state index contributed by atoms with van der Waals surface area (Å²) in [5.74, 6) is -0.404. The minimum atomic E-state index is -0.789. The number of carbonyl (C=O) groups is 1. The molecular formula is C11H12N2O2. The molecule has 2 rings (SSSR count). The van der Waals surface area contributed by atoms with Crippen molar-refractivity contribution in [1.29, 1.82) is 0 Å². The molecule has 1 unspecified atom stereocenters. The highest BCUT2D eigenvalue weighted by Crippen LogP contribution is 2.10. The summed E-state index contributed by atoms with van der Waals surface area (Å²) in [7, 11) is 0. The van der Waals surface area contributed by atoms with E-state index in [-0.39, 0.29) is 0 Å². The molecule has 4 nitrogen and oxygen atoms in total. The fraction of sp³-hybridized carbons (Fsp3) is 0.273. The van der Waals surface area contributed by atoms with Crippen molar-refractivity contribution in [3.8, 4) is 0 Å². The largest absolute Gasteiger partial charge is 0.481 e. The third-order valence-corrected chi connectivity index (χ3v) is 2.43. The van der Waals surface area contributed by atoms with Gasteiger partial charge in [-0.1, -0.05) is 13.0 Å². The molecule has 0 aromatic carbocycles. The first-order chi connectivity index (χ1) is 7.18. The van der Waals surface area contributed by atoms with E-state index in [2.05, 4.69) is 4.98 Å². The maximum atomic E-state index is 10.7. The molecule has 0 fully saturated rings. The zero-order chi connectivity index (χ0) is 10.8. The Labute approximate surface area is 87.2 Å². The molecule has 0 aliphatic rings. The summed E-state index contributed by atoms with van der Waals surface area (Å²) >= 11 is 0. The molecule has 0 saturated carbocycles. The molecule has 0 aliphatic heterocycles. The van der Waals surface area contributed by atoms with Crippen LogP contribution in [-0.2, 0) is 11.2 Å². The summed E-state index contributed by atoms with van der Waals surface area (Å²) < 4.78 is 1.92. The predicted molar refractivity (Wildman–Crippen MR) is 55.7 cm³/mol. The minimum absolute atomic E-state index is 0.407. The lowest BCUT2D eigenvalue weighted by Crippen LogP contribution is -2.14. The first-order valence-corrected chi connectivity index (χ1v) is 4.82. The number of pyridine rings is 1. The topological polar surface area (TPSA) is 54.6 Å². The molecule has 1 atom stereocenters. The van der Waals surface area contributed by atoms with Crippen LogP contribution >= 0.6 is 0 Å². The number of hydrogen-bond donors (Lipinski definition) is 1. The number of fused-ring (bicyclic) bond motifs is 1. The Morgan fingerprint density at radius 1 is 1.60 bits per heavy atom. The quantitative estimate of drug-likeness (QED) is 0.826. The highest BCUT2D eigenvalue weighted by molar-refractivity contribution is 5.69. The van der Waals surface area contributed by atoms with Crippen molar-refractivity contribution in [3.05, 3.63) is 36.4 Å². The lowest BCUT2D eigenvalue weighted by Gasteiger charge is -2.04. The fourth-order valence-electron chi connectivity index (χ4n) is 1.51. The van der Waals surface area contributed by atoms with Gasteiger partial charge in [0.15, 0.2) is 0 Å². The Kier molecular flexibility index (Phi) is 2.41. The molecule has 0 aliphatic carbocycles. The van der Waals surface area contributed by atoms with Gasteiger partial charge in [-0.3, -0.25) is 4.79 Å². The average Bonchev–Trinajstić information content (AvgIpc) is 2.62. The summed E-state index contributed by atoms with van der Waals surface area (Å²) in [5.41, 5.74) is 0.991. The SMILES string of the molecule is CC(Cc1ncc2ccccn12)C(=O)O. The molecule has 2 heterocycles. The highest BCUT2D eigenvalue weighted by Gasteiger charge is 2.14. The van der Waals surface area contributed by atoms with Crippen LogP contribution in [0.5, 0.6) is 0 Å². The van der Waals surface area contributed by atoms with Gasteiger partial charge in [-0.2, -0.15) is 0 Å². The van der Waals surface area contributed by atoms with Crippen molar-refractivity contribution in [2.45, 2.75) is 13.3 Å². The van der Waals surface area contributed by atoms with Gasteiger partial charge in [0.05, 0.1) is 17.6 Å². The van der Waals surface area contributed by atoms with Crippen LogP contribution in [0.25, 0.3) is 5.52 Å². The van der Waals surface area contributed by atoms with Crippen molar-refractivity contribution < 1.29 is 9.90 Å². The van der Waals surface area contributed by atoms with E-state index in [0.29, 0.717) is 6.42 Å². The Hall–Kier alpha value is -1.84. The van der Waals surface area contributed by atoms with Crippen LogP contribution < -0.4 is 0 Å². The molecular weight excluding hydrogens is 192 g/mol. The zero-order valence-electron chi connectivity index (χ0n) is 8.42. The molecule has 0 saturated heterocycles. The molecule has 0 radical (unpaired) electrons. The number of aromatic nitrogens is 2. The number of nitrogens with zero attached hydrogens (tertiary/aromatic N) is 2. The summed E-state index contributed by atoms with van der Waals surface area (Å²) in [6.45, 7) is 1.69. The van der Waals surface area contributed by atoms with Crippen molar-refractivity contribution in [3.63, 3.8) is 0 Å². The van der Waals surface area contributed by atoms with E-state index in [1.165, 1.54) is 0 Å². The second-order valence-corrected chi connectivity index (χ2v) is 3.61. The van der Waals surface area contributed by atoms with Crippen LogP contribution in [-0.4, -0.2) is 20.5 Å². The van der Waals surface area contributed by atoms with Crippen LogP contribution in [0.4, 0.5) is 0 Å². The van der Waals surface area contributed by atoms with Crippen LogP contribution in [0.1, 0.15) is 12.7 Å². The monoisotopic (exact) mass is 204 g/mol. The summed E-state index contributed by atoms with van der Waals surface area (Å²) in [5, 5.41) is 8.82. The number of rotatable bonds is 3. The van der Waals surface area contributed by atoms with Crippen molar-refractivity contribution in [2.24, 2.45) is 5.92 Å². The maximum absolute atomic E-state index is 10.7. The number of hydrogen-bond acceptors (Lipinski definition) is 2. The van der Waals surface area contributed by atoms with Gasteiger partial charge in [0, 0.05) is 12.6 Å². The third-order valence-electron chi connectivity index (χ3n) is 2.43. The van der Waals surface area contributed by atoms with Gasteiger partial charge in [-0.05, 0) is 12.1 Å². The number of carboxylic acids is 1. The van der Waals surface area contributed by atoms with Crippen LogP contribution in [0.15, 0.2) is 30.6 Å².